The molecule has 9 heteroatoms. The maximum Gasteiger partial charge on any atom is 0.261 e. The molecule has 0 bridgehead atoms. The number of carbonyl (C=O) groups is 3. The van der Waals surface area contributed by atoms with Crippen molar-refractivity contribution in [1.82, 2.24) is 10.3 Å². The van der Waals surface area contributed by atoms with E-state index in [1.54, 1.807) is 0 Å². The van der Waals surface area contributed by atoms with Crippen LogP contribution in [0.25, 0.3) is 0 Å². The number of nitrogens with zero attached hydrogens (tertiary/aromatic N) is 1. The quantitative estimate of drug-likeness (QED) is 0.579. The van der Waals surface area contributed by atoms with Crippen molar-refractivity contribution in [2.75, 3.05) is 11.9 Å². The van der Waals surface area contributed by atoms with Crippen LogP contribution in [0.2, 0.25) is 5.02 Å². The summed E-state index contributed by atoms with van der Waals surface area (Å²) in [6.07, 6.45) is 8.15. The molecule has 1 aromatic heterocycles. The fourth-order valence-electron chi connectivity index (χ4n) is 4.07. The first kappa shape index (κ1) is 22.6. The largest absolute Gasteiger partial charge is 0.356 e. The number of halogens is 2. The molecule has 0 saturated carbocycles. The minimum atomic E-state index is -0.742. The highest BCUT2D eigenvalue weighted by atomic mass is 35.5. The molecular formula is C23H23ClFN3O3S. The lowest BCUT2D eigenvalue weighted by Gasteiger charge is -2.20. The molecule has 2 N–H and O–H groups in total. The van der Waals surface area contributed by atoms with E-state index in [4.69, 9.17) is 11.6 Å². The van der Waals surface area contributed by atoms with Gasteiger partial charge >= 0.3 is 0 Å². The van der Waals surface area contributed by atoms with Crippen LogP contribution in [0.4, 0.5) is 9.52 Å². The van der Waals surface area contributed by atoms with Gasteiger partial charge in [-0.2, -0.15) is 0 Å². The number of amides is 2. The summed E-state index contributed by atoms with van der Waals surface area (Å²) in [5, 5.41) is 5.62. The molecule has 2 aliphatic carbocycles. The Morgan fingerprint density at radius 2 is 2.09 bits per heavy atom. The van der Waals surface area contributed by atoms with E-state index in [9.17, 15) is 18.8 Å². The first-order chi connectivity index (χ1) is 15.4. The molecule has 2 aliphatic rings. The first-order valence-electron chi connectivity index (χ1n) is 10.7. The molecule has 0 aliphatic heterocycles. The summed E-state index contributed by atoms with van der Waals surface area (Å²) >= 11 is 6.97. The van der Waals surface area contributed by atoms with E-state index in [2.05, 4.69) is 21.7 Å². The molecule has 4 rings (SSSR count). The number of hydrogen-bond donors (Lipinski definition) is 2. The van der Waals surface area contributed by atoms with Crippen LogP contribution in [0.1, 0.15) is 64.2 Å². The number of ketones is 1. The maximum absolute atomic E-state index is 14.0. The third-order valence-electron chi connectivity index (χ3n) is 5.73. The van der Waals surface area contributed by atoms with Crippen LogP contribution in [-0.2, 0) is 11.2 Å². The van der Waals surface area contributed by atoms with Gasteiger partial charge in [-0.15, -0.1) is 0 Å². The molecule has 2 amide bonds. The van der Waals surface area contributed by atoms with Gasteiger partial charge in [-0.25, -0.2) is 9.37 Å². The van der Waals surface area contributed by atoms with E-state index in [-0.39, 0.29) is 33.8 Å². The van der Waals surface area contributed by atoms with Crippen molar-refractivity contribution in [2.24, 2.45) is 5.92 Å². The fourth-order valence-corrected chi connectivity index (χ4v) is 5.25. The van der Waals surface area contributed by atoms with Crippen molar-refractivity contribution in [3.8, 4) is 0 Å². The van der Waals surface area contributed by atoms with Gasteiger partial charge in [0.2, 0.25) is 5.91 Å². The molecule has 0 spiro atoms. The topological polar surface area (TPSA) is 88.2 Å². The Hall–Kier alpha value is -2.58. The average Bonchev–Trinajstić information content (AvgIpc) is 3.17. The third kappa shape index (κ3) is 5.07. The van der Waals surface area contributed by atoms with Gasteiger partial charge in [0, 0.05) is 19.4 Å². The SMILES string of the molecule is O=C1CC(C(=O)NCCC2=CCCCC2)Cc2nc(NC(=O)c3c(F)cccc3Cl)sc21. The number of rotatable bonds is 6. The Bertz CT molecular complexity index is 1080. The van der Waals surface area contributed by atoms with Crippen LogP contribution in [0, 0.1) is 11.7 Å². The van der Waals surface area contributed by atoms with Gasteiger partial charge < -0.3 is 5.32 Å². The number of nitrogens with one attached hydrogen (secondary N) is 2. The lowest BCUT2D eigenvalue weighted by atomic mass is 9.89. The van der Waals surface area contributed by atoms with E-state index < -0.39 is 17.6 Å². The second-order valence-electron chi connectivity index (χ2n) is 8.02. The molecular weight excluding hydrogens is 453 g/mol. The maximum atomic E-state index is 14.0. The minimum Gasteiger partial charge on any atom is -0.356 e. The minimum absolute atomic E-state index is 0.0133. The Kier molecular flexibility index (Phi) is 7.01. The van der Waals surface area contributed by atoms with Gasteiger partial charge in [0.25, 0.3) is 5.91 Å². The van der Waals surface area contributed by atoms with Crippen molar-refractivity contribution < 1.29 is 18.8 Å². The average molecular weight is 476 g/mol. The van der Waals surface area contributed by atoms with Crippen molar-refractivity contribution in [3.05, 3.63) is 56.8 Å². The van der Waals surface area contributed by atoms with Gasteiger partial charge in [0.1, 0.15) is 5.82 Å². The van der Waals surface area contributed by atoms with E-state index >= 15 is 0 Å². The highest BCUT2D eigenvalue weighted by Crippen LogP contribution is 2.33. The smallest absolute Gasteiger partial charge is 0.261 e. The summed E-state index contributed by atoms with van der Waals surface area (Å²) in [5.74, 6) is -2.30. The second kappa shape index (κ2) is 9.92. The highest BCUT2D eigenvalue weighted by Gasteiger charge is 2.33. The molecule has 1 unspecified atom stereocenters. The number of allylic oxidation sites excluding steroid dienone is 1. The second-order valence-corrected chi connectivity index (χ2v) is 9.43. The zero-order chi connectivity index (χ0) is 22.7. The molecule has 168 valence electrons. The van der Waals surface area contributed by atoms with Crippen molar-refractivity contribution >= 4 is 45.7 Å². The van der Waals surface area contributed by atoms with E-state index in [0.29, 0.717) is 23.5 Å². The zero-order valence-corrected chi connectivity index (χ0v) is 19.0. The van der Waals surface area contributed by atoms with Crippen LogP contribution < -0.4 is 10.6 Å². The summed E-state index contributed by atoms with van der Waals surface area (Å²) in [4.78, 5) is 42.4. The number of aromatic nitrogens is 1. The predicted octanol–water partition coefficient (Wildman–Crippen LogP) is 4.94. The van der Waals surface area contributed by atoms with Crippen LogP contribution in [-0.4, -0.2) is 29.1 Å². The van der Waals surface area contributed by atoms with E-state index in [1.165, 1.54) is 30.5 Å². The molecule has 1 atom stereocenters. The molecule has 0 radical (unpaired) electrons. The Labute approximate surface area is 194 Å². The predicted molar refractivity (Wildman–Crippen MR) is 122 cm³/mol. The number of hydrogen-bond acceptors (Lipinski definition) is 5. The lowest BCUT2D eigenvalue weighted by Crippen LogP contribution is -2.36. The normalized spacial score (nSPS) is 18.0. The van der Waals surface area contributed by atoms with Gasteiger partial charge in [0.15, 0.2) is 10.9 Å². The molecule has 1 aromatic carbocycles. The third-order valence-corrected chi connectivity index (χ3v) is 7.10. The number of carbonyl (C=O) groups excluding carboxylic acids is 3. The molecule has 0 saturated heterocycles. The molecule has 2 aromatic rings. The number of fused-ring (bicyclic) bond motifs is 1. The van der Waals surface area contributed by atoms with Gasteiger partial charge in [-0.1, -0.05) is 40.7 Å². The number of benzene rings is 1. The van der Waals surface area contributed by atoms with Crippen LogP contribution in [0.5, 0.6) is 0 Å². The molecule has 1 heterocycles. The van der Waals surface area contributed by atoms with Crippen molar-refractivity contribution in [3.63, 3.8) is 0 Å². The van der Waals surface area contributed by atoms with Gasteiger partial charge in [-0.05, 0) is 44.2 Å². The summed E-state index contributed by atoms with van der Waals surface area (Å²) in [7, 11) is 0. The number of Topliss-reactive ketones (excluding diaryl/α,β-unsaturated/α-hetero) is 1. The summed E-state index contributed by atoms with van der Waals surface area (Å²) in [6.45, 7) is 0.560. The van der Waals surface area contributed by atoms with Crippen LogP contribution >= 0.6 is 22.9 Å². The van der Waals surface area contributed by atoms with Crippen LogP contribution in [0.15, 0.2) is 29.8 Å². The molecule has 0 fully saturated rings. The van der Waals surface area contributed by atoms with E-state index in [0.717, 1.165) is 36.7 Å². The van der Waals surface area contributed by atoms with Gasteiger partial charge in [0.05, 0.1) is 27.1 Å². The lowest BCUT2D eigenvalue weighted by molar-refractivity contribution is -0.125. The van der Waals surface area contributed by atoms with Crippen LogP contribution in [0.3, 0.4) is 0 Å². The summed E-state index contributed by atoms with van der Waals surface area (Å²) in [5.41, 5.74) is 1.59. The Morgan fingerprint density at radius 1 is 1.25 bits per heavy atom. The Morgan fingerprint density at radius 3 is 2.84 bits per heavy atom. The standard InChI is InChI=1S/C23H23ClFN3O3S/c24-15-7-4-8-16(25)19(15)22(31)28-23-27-17-11-14(12-18(29)20(17)32-23)21(30)26-10-9-13-5-2-1-3-6-13/h4-5,7-8,14H,1-3,6,9-12H2,(H,26,30)(H,27,28,31). The first-order valence-corrected chi connectivity index (χ1v) is 11.9. The molecule has 6 nitrogen and oxygen atoms in total. The van der Waals surface area contributed by atoms with Crippen molar-refractivity contribution in [1.29, 1.82) is 0 Å². The van der Waals surface area contributed by atoms with E-state index in [1.807, 2.05) is 0 Å². The summed E-state index contributed by atoms with van der Waals surface area (Å²) < 4.78 is 14.0. The van der Waals surface area contributed by atoms with Gasteiger partial charge in [-0.3, -0.25) is 19.7 Å². The zero-order valence-electron chi connectivity index (χ0n) is 17.4. The monoisotopic (exact) mass is 475 g/mol. The number of thiazole rings is 1. The number of anilines is 1. The Balaban J connectivity index is 1.38. The molecule has 32 heavy (non-hydrogen) atoms. The summed E-state index contributed by atoms with van der Waals surface area (Å²) in [6, 6.07) is 3.97. The highest BCUT2D eigenvalue weighted by molar-refractivity contribution is 7.17. The van der Waals surface area contributed by atoms with Crippen molar-refractivity contribution in [2.45, 2.75) is 44.9 Å². The fraction of sp³-hybridized carbons (Fsp3) is 0.391.